The van der Waals surface area contributed by atoms with Gasteiger partial charge in [0.05, 0.1) is 0 Å². The molecule has 2 nitrogen and oxygen atoms in total. The highest BCUT2D eigenvalue weighted by molar-refractivity contribution is 5.33. The van der Waals surface area contributed by atoms with E-state index >= 15 is 0 Å². The number of aliphatic hydroxyl groups is 1. The van der Waals surface area contributed by atoms with Gasteiger partial charge in [0.15, 0.2) is 6.10 Å². The molecule has 100 valence electrons. The van der Waals surface area contributed by atoms with Crippen molar-refractivity contribution in [2.45, 2.75) is 37.6 Å². The van der Waals surface area contributed by atoms with E-state index in [9.17, 15) is 13.2 Å². The summed E-state index contributed by atoms with van der Waals surface area (Å²) in [6, 6.07) is 7.76. The lowest BCUT2D eigenvalue weighted by Crippen LogP contribution is -2.38. The molecule has 0 amide bonds. The highest BCUT2D eigenvalue weighted by Gasteiger charge is 2.37. The molecule has 0 spiro atoms. The molecule has 1 aromatic rings. The van der Waals surface area contributed by atoms with Crippen molar-refractivity contribution < 1.29 is 18.3 Å². The number of nitrogens with one attached hydrogen (secondary N) is 1. The Morgan fingerprint density at radius 1 is 1.28 bits per heavy atom. The Morgan fingerprint density at radius 3 is 2.56 bits per heavy atom. The van der Waals surface area contributed by atoms with Crippen molar-refractivity contribution >= 4 is 0 Å². The Balaban J connectivity index is 1.87. The summed E-state index contributed by atoms with van der Waals surface area (Å²) in [7, 11) is 0. The van der Waals surface area contributed by atoms with E-state index in [1.807, 2.05) is 24.3 Å². The molecule has 0 aliphatic heterocycles. The third-order valence-electron chi connectivity index (χ3n) is 3.10. The Morgan fingerprint density at radius 2 is 1.94 bits per heavy atom. The van der Waals surface area contributed by atoms with Gasteiger partial charge in [-0.05, 0) is 29.9 Å². The molecule has 1 aliphatic carbocycles. The van der Waals surface area contributed by atoms with Crippen molar-refractivity contribution in [1.82, 2.24) is 5.32 Å². The third kappa shape index (κ3) is 3.46. The van der Waals surface area contributed by atoms with Crippen LogP contribution in [0.5, 0.6) is 0 Å². The van der Waals surface area contributed by atoms with E-state index in [1.165, 1.54) is 5.56 Å². The van der Waals surface area contributed by atoms with Crippen molar-refractivity contribution in [1.29, 1.82) is 0 Å². The van der Waals surface area contributed by atoms with Crippen molar-refractivity contribution in [3.05, 3.63) is 35.4 Å². The average Bonchev–Trinajstić information content (AvgIpc) is 3.12. The van der Waals surface area contributed by atoms with E-state index in [0.717, 1.165) is 18.4 Å². The van der Waals surface area contributed by atoms with Gasteiger partial charge >= 0.3 is 6.18 Å². The molecule has 0 heterocycles. The predicted molar refractivity (Wildman–Crippen MR) is 62.2 cm³/mol. The summed E-state index contributed by atoms with van der Waals surface area (Å²) in [5.41, 5.74) is 2.24. The lowest BCUT2D eigenvalue weighted by Gasteiger charge is -2.16. The van der Waals surface area contributed by atoms with E-state index in [-0.39, 0.29) is 0 Å². The fraction of sp³-hybridized carbons (Fsp3) is 0.538. The van der Waals surface area contributed by atoms with Gasteiger partial charge in [0, 0.05) is 13.1 Å². The van der Waals surface area contributed by atoms with E-state index in [1.54, 1.807) is 0 Å². The summed E-state index contributed by atoms with van der Waals surface area (Å²) in [5, 5.41) is 11.5. The Bertz CT molecular complexity index is 401. The van der Waals surface area contributed by atoms with Crippen LogP contribution in [-0.4, -0.2) is 23.9 Å². The number of rotatable bonds is 5. The van der Waals surface area contributed by atoms with E-state index in [0.29, 0.717) is 12.5 Å². The monoisotopic (exact) mass is 259 g/mol. The molecule has 5 heteroatoms. The van der Waals surface area contributed by atoms with Crippen molar-refractivity contribution in [2.75, 3.05) is 6.54 Å². The van der Waals surface area contributed by atoms with Gasteiger partial charge in [-0.1, -0.05) is 24.3 Å². The Kier molecular flexibility index (Phi) is 3.92. The van der Waals surface area contributed by atoms with E-state index in [2.05, 4.69) is 5.32 Å². The largest absolute Gasteiger partial charge is 0.415 e. The van der Waals surface area contributed by atoms with Crippen LogP contribution in [-0.2, 0) is 6.54 Å². The first-order valence-electron chi connectivity index (χ1n) is 6.02. The molecule has 1 aromatic carbocycles. The van der Waals surface area contributed by atoms with Gasteiger partial charge in [-0.3, -0.25) is 0 Å². The van der Waals surface area contributed by atoms with E-state index < -0.39 is 18.8 Å². The molecular formula is C13H16F3NO. The maximum Gasteiger partial charge on any atom is 0.415 e. The predicted octanol–water partition coefficient (Wildman–Crippen LogP) is 2.58. The van der Waals surface area contributed by atoms with Crippen LogP contribution in [0.1, 0.15) is 29.9 Å². The van der Waals surface area contributed by atoms with Gasteiger partial charge < -0.3 is 10.4 Å². The molecule has 1 fully saturated rings. The second-order valence-corrected chi connectivity index (χ2v) is 4.66. The third-order valence-corrected chi connectivity index (χ3v) is 3.10. The molecule has 18 heavy (non-hydrogen) atoms. The number of halogens is 3. The molecular weight excluding hydrogens is 243 g/mol. The number of hydrogen-bond acceptors (Lipinski definition) is 2. The maximum absolute atomic E-state index is 12.1. The summed E-state index contributed by atoms with van der Waals surface area (Å²) < 4.78 is 36.3. The first kappa shape index (κ1) is 13.4. The van der Waals surface area contributed by atoms with Crippen LogP contribution in [0.15, 0.2) is 24.3 Å². The molecule has 1 aliphatic rings. The van der Waals surface area contributed by atoms with Crippen molar-refractivity contribution in [3.8, 4) is 0 Å². The Hall–Kier alpha value is -1.07. The first-order valence-corrected chi connectivity index (χ1v) is 6.02. The SMILES string of the molecule is OC(CNCc1ccccc1C1CC1)C(F)(F)F. The Labute approximate surface area is 104 Å². The molecule has 1 unspecified atom stereocenters. The van der Waals surface area contributed by atoms with Crippen molar-refractivity contribution in [2.24, 2.45) is 0 Å². The normalized spacial score (nSPS) is 17.8. The van der Waals surface area contributed by atoms with Gasteiger partial charge in [-0.25, -0.2) is 0 Å². The number of hydrogen-bond donors (Lipinski definition) is 2. The fourth-order valence-electron chi connectivity index (χ4n) is 1.95. The summed E-state index contributed by atoms with van der Waals surface area (Å²) in [6.45, 7) is -0.109. The zero-order valence-electron chi connectivity index (χ0n) is 9.87. The minimum atomic E-state index is -4.55. The lowest BCUT2D eigenvalue weighted by molar-refractivity contribution is -0.201. The molecule has 1 saturated carbocycles. The minimum Gasteiger partial charge on any atom is -0.382 e. The van der Waals surface area contributed by atoms with Crippen LogP contribution in [0.25, 0.3) is 0 Å². The van der Waals surface area contributed by atoms with Crippen LogP contribution in [0.4, 0.5) is 13.2 Å². The van der Waals surface area contributed by atoms with Crippen LogP contribution in [0.2, 0.25) is 0 Å². The first-order chi connectivity index (χ1) is 8.48. The summed E-state index contributed by atoms with van der Waals surface area (Å²) in [5.74, 6) is 0.565. The van der Waals surface area contributed by atoms with Crippen molar-refractivity contribution in [3.63, 3.8) is 0 Å². The lowest BCUT2D eigenvalue weighted by atomic mass is 10.0. The molecule has 2 rings (SSSR count). The quantitative estimate of drug-likeness (QED) is 0.851. The van der Waals surface area contributed by atoms with Gasteiger partial charge in [0.2, 0.25) is 0 Å². The number of aliphatic hydroxyl groups excluding tert-OH is 1. The fourth-order valence-corrected chi connectivity index (χ4v) is 1.95. The highest BCUT2D eigenvalue weighted by Crippen LogP contribution is 2.41. The standard InChI is InChI=1S/C13H16F3NO/c14-13(15,16)12(18)8-17-7-10-3-1-2-4-11(10)9-5-6-9/h1-4,9,12,17-18H,5-8H2. The highest BCUT2D eigenvalue weighted by atomic mass is 19.4. The van der Waals surface area contributed by atoms with Crippen LogP contribution in [0, 0.1) is 0 Å². The molecule has 0 radical (unpaired) electrons. The molecule has 1 atom stereocenters. The van der Waals surface area contributed by atoms with Crippen LogP contribution < -0.4 is 5.32 Å². The smallest absolute Gasteiger partial charge is 0.382 e. The zero-order chi connectivity index (χ0) is 13.2. The van der Waals surface area contributed by atoms with Gasteiger partial charge in [0.1, 0.15) is 0 Å². The molecule has 0 bridgehead atoms. The maximum atomic E-state index is 12.1. The molecule has 0 aromatic heterocycles. The zero-order valence-corrected chi connectivity index (χ0v) is 9.87. The van der Waals surface area contributed by atoms with E-state index in [4.69, 9.17) is 5.11 Å². The number of alkyl halides is 3. The van der Waals surface area contributed by atoms with Crippen LogP contribution in [0.3, 0.4) is 0 Å². The molecule has 2 N–H and O–H groups in total. The average molecular weight is 259 g/mol. The van der Waals surface area contributed by atoms with Gasteiger partial charge in [0.25, 0.3) is 0 Å². The minimum absolute atomic E-state index is 0.361. The number of benzene rings is 1. The molecule has 0 saturated heterocycles. The second kappa shape index (κ2) is 5.28. The topological polar surface area (TPSA) is 32.3 Å². The second-order valence-electron chi connectivity index (χ2n) is 4.66. The van der Waals surface area contributed by atoms with Crippen LogP contribution >= 0.6 is 0 Å². The van der Waals surface area contributed by atoms with Gasteiger partial charge in [-0.15, -0.1) is 0 Å². The summed E-state index contributed by atoms with van der Waals surface area (Å²) in [6.07, 6.45) is -4.54. The summed E-state index contributed by atoms with van der Waals surface area (Å²) in [4.78, 5) is 0. The van der Waals surface area contributed by atoms with Gasteiger partial charge in [-0.2, -0.15) is 13.2 Å². The summed E-state index contributed by atoms with van der Waals surface area (Å²) >= 11 is 0.